The summed E-state index contributed by atoms with van der Waals surface area (Å²) >= 11 is 1.79. The molecule has 0 unspecified atom stereocenters. The number of hydrogen-bond acceptors (Lipinski definition) is 8. The third-order valence-electron chi connectivity index (χ3n) is 6.82. The number of carbonyl (C=O) groups excluding carboxylic acids is 1. The van der Waals surface area contributed by atoms with Gasteiger partial charge in [-0.15, -0.1) is 11.3 Å². The highest BCUT2D eigenvalue weighted by Gasteiger charge is 2.23. The lowest BCUT2D eigenvalue weighted by Gasteiger charge is -2.31. The standard InChI is InChI=1S/C25H29N7O2S/c1-16(33)27-17-5-7-31(8-6-17)15-18-13-22-23(35-18)25(32-9-11-34-12-10-32)29-24(28-22)19-3-2-4-21-20(19)14-26-30-21/h2-4,13-14,17H,5-12,15H2,1H3,(H,26,30)(H,27,33). The number of nitrogens with one attached hydrogen (secondary N) is 2. The number of aromatic amines is 1. The Morgan fingerprint density at radius 1 is 1.20 bits per heavy atom. The van der Waals surface area contributed by atoms with Crippen molar-refractivity contribution in [2.24, 2.45) is 0 Å². The van der Waals surface area contributed by atoms with E-state index in [1.54, 1.807) is 18.3 Å². The zero-order chi connectivity index (χ0) is 23.8. The fourth-order valence-corrected chi connectivity index (χ4v) is 6.21. The number of morpholine rings is 1. The van der Waals surface area contributed by atoms with Crippen LogP contribution in [0.1, 0.15) is 24.6 Å². The molecule has 2 aliphatic heterocycles. The van der Waals surface area contributed by atoms with Crippen LogP contribution in [0.15, 0.2) is 30.5 Å². The minimum absolute atomic E-state index is 0.0593. The quantitative estimate of drug-likeness (QED) is 0.442. The van der Waals surface area contributed by atoms with Crippen LogP contribution in [0.2, 0.25) is 0 Å². The molecule has 0 aliphatic carbocycles. The van der Waals surface area contributed by atoms with E-state index in [0.29, 0.717) is 13.2 Å². The predicted octanol–water partition coefficient (Wildman–Crippen LogP) is 3.17. The molecule has 0 spiro atoms. The van der Waals surface area contributed by atoms with E-state index in [-0.39, 0.29) is 11.9 Å². The highest BCUT2D eigenvalue weighted by molar-refractivity contribution is 7.19. The van der Waals surface area contributed by atoms with Crippen LogP contribution in [0.4, 0.5) is 5.82 Å². The van der Waals surface area contributed by atoms with Crippen LogP contribution in [0.25, 0.3) is 32.5 Å². The summed E-state index contributed by atoms with van der Waals surface area (Å²) in [4.78, 5) is 27.6. The van der Waals surface area contributed by atoms with Crippen molar-refractivity contribution in [2.75, 3.05) is 44.3 Å². The SMILES string of the molecule is CC(=O)NC1CCN(Cc2cc3nc(-c4cccc5[nH]ncc45)nc(N4CCOCC4)c3s2)CC1. The smallest absolute Gasteiger partial charge is 0.217 e. The summed E-state index contributed by atoms with van der Waals surface area (Å²) in [6, 6.07) is 8.62. The number of hydrogen-bond donors (Lipinski definition) is 2. The summed E-state index contributed by atoms with van der Waals surface area (Å²) in [6.45, 7) is 7.51. The van der Waals surface area contributed by atoms with Gasteiger partial charge in [-0.1, -0.05) is 12.1 Å². The molecule has 2 fully saturated rings. The first-order valence-electron chi connectivity index (χ1n) is 12.2. The number of likely N-dealkylation sites (tertiary alicyclic amines) is 1. The summed E-state index contributed by atoms with van der Waals surface area (Å²) in [7, 11) is 0. The number of H-pyrrole nitrogens is 1. The van der Waals surface area contributed by atoms with E-state index in [9.17, 15) is 4.79 Å². The number of benzene rings is 1. The van der Waals surface area contributed by atoms with Crippen molar-refractivity contribution < 1.29 is 9.53 Å². The van der Waals surface area contributed by atoms with Crippen molar-refractivity contribution in [3.05, 3.63) is 35.3 Å². The van der Waals surface area contributed by atoms with Crippen molar-refractivity contribution in [1.29, 1.82) is 0 Å². The first-order valence-corrected chi connectivity index (χ1v) is 13.0. The number of carbonyl (C=O) groups is 1. The van der Waals surface area contributed by atoms with Gasteiger partial charge >= 0.3 is 0 Å². The molecule has 6 rings (SSSR count). The van der Waals surface area contributed by atoms with Gasteiger partial charge in [-0.25, -0.2) is 9.97 Å². The van der Waals surface area contributed by atoms with Crippen LogP contribution in [0.5, 0.6) is 0 Å². The molecule has 1 aromatic carbocycles. The molecule has 0 radical (unpaired) electrons. The number of fused-ring (bicyclic) bond motifs is 2. The van der Waals surface area contributed by atoms with Crippen LogP contribution in [0, 0.1) is 0 Å². The molecule has 182 valence electrons. The molecular formula is C25H29N7O2S. The van der Waals surface area contributed by atoms with Gasteiger partial charge in [0.2, 0.25) is 5.91 Å². The Labute approximate surface area is 207 Å². The normalized spacial score (nSPS) is 17.9. The van der Waals surface area contributed by atoms with Gasteiger partial charge in [-0.2, -0.15) is 5.10 Å². The fourth-order valence-electron chi connectivity index (χ4n) is 5.06. The molecule has 5 heterocycles. The zero-order valence-corrected chi connectivity index (χ0v) is 20.6. The number of rotatable bonds is 5. The first kappa shape index (κ1) is 22.4. The van der Waals surface area contributed by atoms with Crippen LogP contribution in [-0.2, 0) is 16.1 Å². The molecule has 3 aromatic heterocycles. The summed E-state index contributed by atoms with van der Waals surface area (Å²) in [5.74, 6) is 1.78. The minimum atomic E-state index is 0.0593. The second-order valence-corrected chi connectivity index (χ2v) is 10.4. The summed E-state index contributed by atoms with van der Waals surface area (Å²) < 4.78 is 6.74. The Balaban J connectivity index is 1.33. The lowest BCUT2D eigenvalue weighted by molar-refractivity contribution is -0.119. The number of anilines is 1. The Morgan fingerprint density at radius 2 is 2.03 bits per heavy atom. The largest absolute Gasteiger partial charge is 0.378 e. The third kappa shape index (κ3) is 4.61. The molecule has 35 heavy (non-hydrogen) atoms. The Morgan fingerprint density at radius 3 is 2.83 bits per heavy atom. The van der Waals surface area contributed by atoms with Crippen LogP contribution in [-0.4, -0.2) is 76.4 Å². The molecule has 2 aliphatic rings. The third-order valence-corrected chi connectivity index (χ3v) is 7.92. The van der Waals surface area contributed by atoms with Crippen molar-refractivity contribution in [3.63, 3.8) is 0 Å². The van der Waals surface area contributed by atoms with Crippen molar-refractivity contribution in [2.45, 2.75) is 32.4 Å². The Kier molecular flexibility index (Phi) is 6.09. The molecule has 10 heteroatoms. The second-order valence-electron chi connectivity index (χ2n) is 9.29. The van der Waals surface area contributed by atoms with E-state index < -0.39 is 0 Å². The van der Waals surface area contributed by atoms with E-state index in [1.807, 2.05) is 18.3 Å². The minimum Gasteiger partial charge on any atom is -0.378 e. The number of piperidine rings is 1. The predicted molar refractivity (Wildman–Crippen MR) is 138 cm³/mol. The molecule has 0 bridgehead atoms. The van der Waals surface area contributed by atoms with Gasteiger partial charge in [0.25, 0.3) is 0 Å². The average molecular weight is 492 g/mol. The monoisotopic (exact) mass is 491 g/mol. The van der Waals surface area contributed by atoms with E-state index in [1.165, 1.54) is 4.88 Å². The van der Waals surface area contributed by atoms with Gasteiger partial charge in [0, 0.05) is 61.5 Å². The molecule has 0 atom stereocenters. The van der Waals surface area contributed by atoms with E-state index in [0.717, 1.165) is 83.9 Å². The molecule has 2 saturated heterocycles. The molecule has 1 amide bonds. The topological polar surface area (TPSA) is 99.3 Å². The van der Waals surface area contributed by atoms with Gasteiger partial charge in [0.1, 0.15) is 0 Å². The lowest BCUT2D eigenvalue weighted by Crippen LogP contribution is -2.43. The highest BCUT2D eigenvalue weighted by Crippen LogP contribution is 2.36. The Hall–Kier alpha value is -3.08. The number of amides is 1. The number of thiophene rings is 1. The molecule has 4 aromatic rings. The first-order chi connectivity index (χ1) is 17.1. The molecular weight excluding hydrogens is 462 g/mol. The number of ether oxygens (including phenoxy) is 1. The molecule has 2 N–H and O–H groups in total. The van der Waals surface area contributed by atoms with Crippen molar-refractivity contribution in [1.82, 2.24) is 30.4 Å². The van der Waals surface area contributed by atoms with Gasteiger partial charge in [0.05, 0.1) is 35.1 Å². The van der Waals surface area contributed by atoms with E-state index >= 15 is 0 Å². The summed E-state index contributed by atoms with van der Waals surface area (Å²) in [6.07, 6.45) is 3.82. The molecule has 0 saturated carbocycles. The van der Waals surface area contributed by atoms with Crippen molar-refractivity contribution >= 4 is 44.2 Å². The summed E-state index contributed by atoms with van der Waals surface area (Å²) in [5.41, 5.74) is 2.96. The van der Waals surface area contributed by atoms with Gasteiger partial charge in [-0.3, -0.25) is 14.8 Å². The van der Waals surface area contributed by atoms with Gasteiger partial charge < -0.3 is 15.0 Å². The van der Waals surface area contributed by atoms with Gasteiger partial charge in [0.15, 0.2) is 11.6 Å². The number of nitrogens with zero attached hydrogens (tertiary/aromatic N) is 5. The van der Waals surface area contributed by atoms with Crippen LogP contribution in [0.3, 0.4) is 0 Å². The second kappa shape index (κ2) is 9.52. The maximum atomic E-state index is 11.4. The molecule has 9 nitrogen and oxygen atoms in total. The Bertz CT molecular complexity index is 1350. The summed E-state index contributed by atoms with van der Waals surface area (Å²) in [5, 5.41) is 11.4. The van der Waals surface area contributed by atoms with Crippen molar-refractivity contribution in [3.8, 4) is 11.4 Å². The van der Waals surface area contributed by atoms with Crippen LogP contribution >= 0.6 is 11.3 Å². The highest BCUT2D eigenvalue weighted by atomic mass is 32.1. The maximum Gasteiger partial charge on any atom is 0.217 e. The number of aromatic nitrogens is 4. The average Bonchev–Trinajstić information content (AvgIpc) is 3.51. The van der Waals surface area contributed by atoms with Crippen LogP contribution < -0.4 is 10.2 Å². The van der Waals surface area contributed by atoms with E-state index in [2.05, 4.69) is 37.4 Å². The fraction of sp³-hybridized carbons (Fsp3) is 0.440. The van der Waals surface area contributed by atoms with Gasteiger partial charge in [-0.05, 0) is 25.0 Å². The van der Waals surface area contributed by atoms with E-state index in [4.69, 9.17) is 14.7 Å². The zero-order valence-electron chi connectivity index (χ0n) is 19.8. The lowest BCUT2D eigenvalue weighted by atomic mass is 10.1. The maximum absolute atomic E-state index is 11.4.